The van der Waals surface area contributed by atoms with Gasteiger partial charge in [-0.2, -0.15) is 0 Å². The van der Waals surface area contributed by atoms with Crippen molar-refractivity contribution in [1.82, 2.24) is 10.2 Å². The van der Waals surface area contributed by atoms with Gasteiger partial charge in [0.15, 0.2) is 0 Å². The first kappa shape index (κ1) is 29.1. The maximum Gasteiger partial charge on any atom is 0.244 e. The van der Waals surface area contributed by atoms with E-state index < -0.39 is 40.2 Å². The Morgan fingerprint density at radius 3 is 2.21 bits per heavy atom. The van der Waals surface area contributed by atoms with Crippen LogP contribution in [0.1, 0.15) is 24.5 Å². The summed E-state index contributed by atoms with van der Waals surface area (Å²) in [5.74, 6) is -1.59. The van der Waals surface area contributed by atoms with Crippen LogP contribution in [0.3, 0.4) is 0 Å². The minimum atomic E-state index is -3.89. The van der Waals surface area contributed by atoms with Crippen molar-refractivity contribution in [2.24, 2.45) is 0 Å². The van der Waals surface area contributed by atoms with E-state index in [0.717, 1.165) is 16.1 Å². The van der Waals surface area contributed by atoms with Gasteiger partial charge in [0.05, 0.1) is 11.9 Å². The third kappa shape index (κ3) is 8.03. The second kappa shape index (κ2) is 13.4. The number of carbonyl (C=O) groups is 2. The maximum atomic E-state index is 14.7. The van der Waals surface area contributed by atoms with Crippen molar-refractivity contribution < 1.29 is 22.4 Å². The normalized spacial score (nSPS) is 12.0. The summed E-state index contributed by atoms with van der Waals surface area (Å²) in [7, 11) is -3.89. The average Bonchev–Trinajstić information content (AvgIpc) is 2.89. The first-order chi connectivity index (χ1) is 18.1. The quantitative estimate of drug-likeness (QED) is 0.356. The smallest absolute Gasteiger partial charge is 0.244 e. The standard InChI is InChI=1S/C28H31ClFN3O4S/c1-3-17-31-28(35)26(18-21-9-5-4-6-10-21)32(19-22-11-7-8-12-25(22)30)27(34)20-33(38(2,36)37)24-15-13-23(29)14-16-24/h4-16,26H,3,17-20H2,1-2H3,(H,31,35)/t26-/m0/s1. The molecule has 1 atom stereocenters. The number of hydrogen-bond acceptors (Lipinski definition) is 4. The second-order valence-electron chi connectivity index (χ2n) is 8.86. The average molecular weight is 560 g/mol. The van der Waals surface area contributed by atoms with E-state index in [-0.39, 0.29) is 24.2 Å². The summed E-state index contributed by atoms with van der Waals surface area (Å²) in [6, 6.07) is 20.2. The topological polar surface area (TPSA) is 86.8 Å². The summed E-state index contributed by atoms with van der Waals surface area (Å²) in [4.78, 5) is 28.5. The summed E-state index contributed by atoms with van der Waals surface area (Å²) >= 11 is 5.96. The fraction of sp³-hybridized carbons (Fsp3) is 0.286. The van der Waals surface area contributed by atoms with Crippen LogP contribution < -0.4 is 9.62 Å². The van der Waals surface area contributed by atoms with Gasteiger partial charge in [0.25, 0.3) is 0 Å². The van der Waals surface area contributed by atoms with E-state index in [4.69, 9.17) is 11.6 Å². The van der Waals surface area contributed by atoms with Crippen LogP contribution in [0.2, 0.25) is 5.02 Å². The molecule has 0 aliphatic rings. The molecule has 3 aromatic carbocycles. The summed E-state index contributed by atoms with van der Waals surface area (Å²) in [6.45, 7) is 1.50. The first-order valence-corrected chi connectivity index (χ1v) is 14.4. The molecule has 0 saturated heterocycles. The first-order valence-electron chi connectivity index (χ1n) is 12.2. The zero-order chi connectivity index (χ0) is 27.7. The minimum Gasteiger partial charge on any atom is -0.354 e. The molecule has 0 unspecified atom stereocenters. The fourth-order valence-electron chi connectivity index (χ4n) is 3.95. The monoisotopic (exact) mass is 559 g/mol. The molecule has 2 amide bonds. The lowest BCUT2D eigenvalue weighted by molar-refractivity contribution is -0.140. The summed E-state index contributed by atoms with van der Waals surface area (Å²) < 4.78 is 41.1. The van der Waals surface area contributed by atoms with Gasteiger partial charge in [-0.1, -0.05) is 67.1 Å². The molecule has 3 rings (SSSR count). The number of nitrogens with zero attached hydrogens (tertiary/aromatic N) is 2. The van der Waals surface area contributed by atoms with E-state index in [1.807, 2.05) is 37.3 Å². The lowest BCUT2D eigenvalue weighted by Gasteiger charge is -2.33. The molecule has 1 N–H and O–H groups in total. The van der Waals surface area contributed by atoms with Crippen molar-refractivity contribution in [3.63, 3.8) is 0 Å². The Morgan fingerprint density at radius 1 is 0.974 bits per heavy atom. The van der Waals surface area contributed by atoms with E-state index in [1.165, 1.54) is 47.4 Å². The van der Waals surface area contributed by atoms with Crippen LogP contribution in [-0.2, 0) is 32.6 Å². The Bertz CT molecular complexity index is 1340. The fourth-order valence-corrected chi connectivity index (χ4v) is 4.93. The highest BCUT2D eigenvalue weighted by molar-refractivity contribution is 7.92. The SMILES string of the molecule is CCCNC(=O)[C@H](Cc1ccccc1)N(Cc1ccccc1F)C(=O)CN(c1ccc(Cl)cc1)S(C)(=O)=O. The maximum absolute atomic E-state index is 14.7. The van der Waals surface area contributed by atoms with Gasteiger partial charge in [-0.15, -0.1) is 0 Å². The molecule has 0 aromatic heterocycles. The number of rotatable bonds is 12. The van der Waals surface area contributed by atoms with Crippen LogP contribution in [0.15, 0.2) is 78.9 Å². The van der Waals surface area contributed by atoms with Crippen molar-refractivity contribution in [3.8, 4) is 0 Å². The zero-order valence-electron chi connectivity index (χ0n) is 21.3. The number of amides is 2. The molecule has 38 heavy (non-hydrogen) atoms. The second-order valence-corrected chi connectivity index (χ2v) is 11.2. The Hall–Kier alpha value is -3.43. The molecule has 0 radical (unpaired) electrons. The van der Waals surface area contributed by atoms with Gasteiger partial charge in [0.1, 0.15) is 18.4 Å². The lowest BCUT2D eigenvalue weighted by atomic mass is 10.0. The van der Waals surface area contributed by atoms with Crippen molar-refractivity contribution >= 4 is 39.1 Å². The van der Waals surface area contributed by atoms with Crippen molar-refractivity contribution in [2.45, 2.75) is 32.4 Å². The molecule has 0 aliphatic carbocycles. The number of nitrogens with one attached hydrogen (secondary N) is 1. The molecule has 202 valence electrons. The van der Waals surface area contributed by atoms with E-state index in [2.05, 4.69) is 5.32 Å². The third-order valence-electron chi connectivity index (χ3n) is 5.91. The molecule has 0 fully saturated rings. The largest absolute Gasteiger partial charge is 0.354 e. The molecule has 0 bridgehead atoms. The molecule has 10 heteroatoms. The molecule has 0 heterocycles. The number of sulfonamides is 1. The van der Waals surface area contributed by atoms with Crippen LogP contribution in [-0.4, -0.2) is 50.5 Å². The highest BCUT2D eigenvalue weighted by Gasteiger charge is 2.33. The van der Waals surface area contributed by atoms with Gasteiger partial charge in [-0.05, 0) is 42.3 Å². The third-order valence-corrected chi connectivity index (χ3v) is 7.31. The van der Waals surface area contributed by atoms with Gasteiger partial charge in [-0.25, -0.2) is 12.8 Å². The molecular formula is C28H31ClFN3O4S. The molecule has 0 spiro atoms. The van der Waals surface area contributed by atoms with E-state index >= 15 is 0 Å². The molecule has 7 nitrogen and oxygen atoms in total. The van der Waals surface area contributed by atoms with Crippen LogP contribution >= 0.6 is 11.6 Å². The van der Waals surface area contributed by atoms with Gasteiger partial charge in [0, 0.05) is 30.1 Å². The minimum absolute atomic E-state index is 0.163. The van der Waals surface area contributed by atoms with E-state index in [9.17, 15) is 22.4 Å². The number of anilines is 1. The Morgan fingerprint density at radius 2 is 1.61 bits per heavy atom. The Balaban J connectivity index is 2.04. The number of carbonyl (C=O) groups excluding carboxylic acids is 2. The molecule has 0 aliphatic heterocycles. The van der Waals surface area contributed by atoms with Crippen molar-refractivity contribution in [2.75, 3.05) is 23.7 Å². The van der Waals surface area contributed by atoms with Gasteiger partial charge in [-0.3, -0.25) is 13.9 Å². The van der Waals surface area contributed by atoms with E-state index in [0.29, 0.717) is 18.0 Å². The summed E-state index contributed by atoms with van der Waals surface area (Å²) in [6.07, 6.45) is 1.84. The number of hydrogen-bond donors (Lipinski definition) is 1. The highest BCUT2D eigenvalue weighted by atomic mass is 35.5. The van der Waals surface area contributed by atoms with E-state index in [1.54, 1.807) is 6.07 Å². The van der Waals surface area contributed by atoms with Gasteiger partial charge < -0.3 is 10.2 Å². The lowest BCUT2D eigenvalue weighted by Crippen LogP contribution is -2.53. The van der Waals surface area contributed by atoms with Gasteiger partial charge >= 0.3 is 0 Å². The Labute approximate surface area is 228 Å². The molecular weight excluding hydrogens is 529 g/mol. The summed E-state index contributed by atoms with van der Waals surface area (Å²) in [5.41, 5.74) is 1.25. The van der Waals surface area contributed by atoms with Crippen molar-refractivity contribution in [1.29, 1.82) is 0 Å². The van der Waals surface area contributed by atoms with Crippen molar-refractivity contribution in [3.05, 3.63) is 101 Å². The number of benzene rings is 3. The highest BCUT2D eigenvalue weighted by Crippen LogP contribution is 2.22. The summed E-state index contributed by atoms with van der Waals surface area (Å²) in [5, 5.41) is 3.24. The number of halogens is 2. The van der Waals surface area contributed by atoms with Crippen LogP contribution in [0.5, 0.6) is 0 Å². The predicted molar refractivity (Wildman–Crippen MR) is 148 cm³/mol. The van der Waals surface area contributed by atoms with Crippen LogP contribution in [0, 0.1) is 5.82 Å². The van der Waals surface area contributed by atoms with Crippen LogP contribution in [0.4, 0.5) is 10.1 Å². The molecule has 3 aromatic rings. The Kier molecular flexibility index (Phi) is 10.3. The predicted octanol–water partition coefficient (Wildman–Crippen LogP) is 4.41. The van der Waals surface area contributed by atoms with Gasteiger partial charge in [0.2, 0.25) is 21.8 Å². The molecule has 0 saturated carbocycles. The zero-order valence-corrected chi connectivity index (χ0v) is 22.9. The van der Waals surface area contributed by atoms with Crippen LogP contribution in [0.25, 0.3) is 0 Å².